The van der Waals surface area contributed by atoms with Crippen LogP contribution in [0.4, 0.5) is 0 Å². The lowest BCUT2D eigenvalue weighted by Crippen LogP contribution is -2.19. The molecule has 2 rings (SSSR count). The molecular formula is C15H17NO3. The number of carboxylic acids is 1. The second-order valence-corrected chi connectivity index (χ2v) is 4.59. The standard InChI is InChI=1S/C15H17NO3/c1-10-3-5-12(6-4-10)11(2)16-9-13-7-8-19-14(13)15(17)18/h3-8,11,16H,9H2,1-2H3,(H,17,18)/t11-/m0/s1. The highest BCUT2D eigenvalue weighted by atomic mass is 16.4. The number of aromatic carboxylic acids is 1. The van der Waals surface area contributed by atoms with Gasteiger partial charge < -0.3 is 14.8 Å². The Balaban J connectivity index is 2.00. The number of carbonyl (C=O) groups is 1. The minimum Gasteiger partial charge on any atom is -0.475 e. The van der Waals surface area contributed by atoms with E-state index in [0.29, 0.717) is 12.1 Å². The minimum atomic E-state index is -1.04. The Morgan fingerprint density at radius 3 is 2.63 bits per heavy atom. The third-order valence-electron chi connectivity index (χ3n) is 3.12. The van der Waals surface area contributed by atoms with Crippen LogP contribution in [0.1, 0.15) is 40.2 Å². The predicted octanol–water partition coefficient (Wildman–Crippen LogP) is 3.14. The van der Waals surface area contributed by atoms with Crippen LogP contribution in [-0.4, -0.2) is 11.1 Å². The van der Waals surface area contributed by atoms with E-state index in [1.165, 1.54) is 17.4 Å². The zero-order valence-electron chi connectivity index (χ0n) is 11.0. The molecule has 0 bridgehead atoms. The first-order valence-electron chi connectivity index (χ1n) is 6.17. The maximum Gasteiger partial charge on any atom is 0.372 e. The molecule has 2 aromatic rings. The van der Waals surface area contributed by atoms with Gasteiger partial charge in [0.2, 0.25) is 5.76 Å². The first kappa shape index (κ1) is 13.4. The second-order valence-electron chi connectivity index (χ2n) is 4.59. The van der Waals surface area contributed by atoms with Gasteiger partial charge in [0.05, 0.1) is 6.26 Å². The fourth-order valence-corrected chi connectivity index (χ4v) is 1.90. The molecule has 0 fully saturated rings. The van der Waals surface area contributed by atoms with Gasteiger partial charge in [0.15, 0.2) is 0 Å². The summed E-state index contributed by atoms with van der Waals surface area (Å²) in [6.45, 7) is 4.56. The molecule has 1 aromatic heterocycles. The van der Waals surface area contributed by atoms with E-state index in [1.54, 1.807) is 6.07 Å². The van der Waals surface area contributed by atoms with E-state index in [4.69, 9.17) is 9.52 Å². The van der Waals surface area contributed by atoms with Crippen molar-refractivity contribution in [2.75, 3.05) is 0 Å². The van der Waals surface area contributed by atoms with Crippen molar-refractivity contribution in [1.82, 2.24) is 5.32 Å². The van der Waals surface area contributed by atoms with Gasteiger partial charge in [-0.15, -0.1) is 0 Å². The highest BCUT2D eigenvalue weighted by molar-refractivity contribution is 5.86. The molecule has 1 atom stereocenters. The van der Waals surface area contributed by atoms with Crippen molar-refractivity contribution < 1.29 is 14.3 Å². The maximum absolute atomic E-state index is 10.9. The molecule has 0 saturated heterocycles. The summed E-state index contributed by atoms with van der Waals surface area (Å²) in [5.41, 5.74) is 3.05. The van der Waals surface area contributed by atoms with Crippen LogP contribution < -0.4 is 5.32 Å². The topological polar surface area (TPSA) is 62.5 Å². The van der Waals surface area contributed by atoms with Crippen molar-refractivity contribution in [2.24, 2.45) is 0 Å². The van der Waals surface area contributed by atoms with Gasteiger partial charge in [0, 0.05) is 18.2 Å². The van der Waals surface area contributed by atoms with E-state index >= 15 is 0 Å². The van der Waals surface area contributed by atoms with Crippen LogP contribution in [-0.2, 0) is 6.54 Å². The number of furan rings is 1. The molecule has 0 radical (unpaired) electrons. The van der Waals surface area contributed by atoms with Gasteiger partial charge in [-0.1, -0.05) is 29.8 Å². The summed E-state index contributed by atoms with van der Waals surface area (Å²) >= 11 is 0. The van der Waals surface area contributed by atoms with Gasteiger partial charge in [-0.2, -0.15) is 0 Å². The normalized spacial score (nSPS) is 12.3. The Morgan fingerprint density at radius 2 is 2.00 bits per heavy atom. The number of nitrogens with one attached hydrogen (secondary N) is 1. The summed E-state index contributed by atoms with van der Waals surface area (Å²) in [6, 6.07) is 10.1. The second kappa shape index (κ2) is 5.71. The van der Waals surface area contributed by atoms with E-state index in [0.717, 1.165) is 0 Å². The first-order chi connectivity index (χ1) is 9.08. The van der Waals surface area contributed by atoms with Gasteiger partial charge in [-0.3, -0.25) is 0 Å². The number of aryl methyl sites for hydroxylation is 1. The number of rotatable bonds is 5. The molecule has 0 amide bonds. The van der Waals surface area contributed by atoms with Crippen molar-refractivity contribution in [3.8, 4) is 0 Å². The quantitative estimate of drug-likeness (QED) is 0.866. The Hall–Kier alpha value is -2.07. The van der Waals surface area contributed by atoms with E-state index < -0.39 is 5.97 Å². The Bertz CT molecular complexity index is 557. The lowest BCUT2D eigenvalue weighted by atomic mass is 10.1. The molecule has 100 valence electrons. The zero-order chi connectivity index (χ0) is 13.8. The molecule has 0 unspecified atom stereocenters. The molecule has 0 saturated carbocycles. The highest BCUT2D eigenvalue weighted by Crippen LogP contribution is 2.16. The van der Waals surface area contributed by atoms with Crippen molar-refractivity contribution in [2.45, 2.75) is 26.4 Å². The van der Waals surface area contributed by atoms with Crippen LogP contribution in [0, 0.1) is 6.92 Å². The van der Waals surface area contributed by atoms with Crippen LogP contribution >= 0.6 is 0 Å². The van der Waals surface area contributed by atoms with Gasteiger partial charge in [-0.25, -0.2) is 4.79 Å². The maximum atomic E-state index is 10.9. The number of benzene rings is 1. The van der Waals surface area contributed by atoms with E-state index in [1.807, 2.05) is 13.8 Å². The molecule has 0 aliphatic heterocycles. The number of hydrogen-bond acceptors (Lipinski definition) is 3. The van der Waals surface area contributed by atoms with Gasteiger partial charge in [0.1, 0.15) is 0 Å². The van der Waals surface area contributed by atoms with E-state index in [2.05, 4.69) is 29.6 Å². The minimum absolute atomic E-state index is 0.00334. The summed E-state index contributed by atoms with van der Waals surface area (Å²) in [6.07, 6.45) is 1.40. The summed E-state index contributed by atoms with van der Waals surface area (Å²) in [7, 11) is 0. The SMILES string of the molecule is Cc1ccc([C@H](C)NCc2ccoc2C(=O)O)cc1. The Kier molecular flexibility index (Phi) is 4.02. The molecule has 4 heteroatoms. The molecule has 1 aromatic carbocycles. The Morgan fingerprint density at radius 1 is 1.32 bits per heavy atom. The largest absolute Gasteiger partial charge is 0.475 e. The number of carboxylic acid groups (broad SMARTS) is 1. The summed E-state index contributed by atoms with van der Waals surface area (Å²) in [5.74, 6) is -1.03. The molecule has 0 spiro atoms. The fourth-order valence-electron chi connectivity index (χ4n) is 1.90. The van der Waals surface area contributed by atoms with E-state index in [9.17, 15) is 4.79 Å². The molecule has 19 heavy (non-hydrogen) atoms. The van der Waals surface area contributed by atoms with Crippen LogP contribution in [0.3, 0.4) is 0 Å². The first-order valence-corrected chi connectivity index (χ1v) is 6.17. The van der Waals surface area contributed by atoms with E-state index in [-0.39, 0.29) is 11.8 Å². The van der Waals surface area contributed by atoms with Crippen molar-refractivity contribution in [3.63, 3.8) is 0 Å². The molecule has 1 heterocycles. The number of hydrogen-bond donors (Lipinski definition) is 2. The molecule has 2 N–H and O–H groups in total. The van der Waals surface area contributed by atoms with Crippen molar-refractivity contribution in [1.29, 1.82) is 0 Å². The fraction of sp³-hybridized carbons (Fsp3) is 0.267. The predicted molar refractivity (Wildman–Crippen MR) is 72.1 cm³/mol. The monoisotopic (exact) mass is 259 g/mol. The van der Waals surface area contributed by atoms with Crippen LogP contribution in [0.5, 0.6) is 0 Å². The smallest absolute Gasteiger partial charge is 0.372 e. The molecule has 4 nitrogen and oxygen atoms in total. The summed E-state index contributed by atoms with van der Waals surface area (Å²) in [4.78, 5) is 10.9. The summed E-state index contributed by atoms with van der Waals surface area (Å²) in [5, 5.41) is 12.2. The van der Waals surface area contributed by atoms with Crippen LogP contribution in [0.2, 0.25) is 0 Å². The van der Waals surface area contributed by atoms with Crippen LogP contribution in [0.25, 0.3) is 0 Å². The highest BCUT2D eigenvalue weighted by Gasteiger charge is 2.14. The lowest BCUT2D eigenvalue weighted by Gasteiger charge is -2.14. The molecule has 0 aliphatic rings. The van der Waals surface area contributed by atoms with Crippen molar-refractivity contribution >= 4 is 5.97 Å². The zero-order valence-corrected chi connectivity index (χ0v) is 11.0. The van der Waals surface area contributed by atoms with Gasteiger partial charge >= 0.3 is 5.97 Å². The van der Waals surface area contributed by atoms with Gasteiger partial charge in [0.25, 0.3) is 0 Å². The van der Waals surface area contributed by atoms with Gasteiger partial charge in [-0.05, 0) is 25.5 Å². The van der Waals surface area contributed by atoms with Crippen LogP contribution in [0.15, 0.2) is 41.0 Å². The third kappa shape index (κ3) is 3.23. The molecule has 0 aliphatic carbocycles. The van der Waals surface area contributed by atoms with Crippen molar-refractivity contribution in [3.05, 3.63) is 59.0 Å². The third-order valence-corrected chi connectivity index (χ3v) is 3.12. The summed E-state index contributed by atoms with van der Waals surface area (Å²) < 4.78 is 4.94. The lowest BCUT2D eigenvalue weighted by molar-refractivity contribution is 0.0660. The average molecular weight is 259 g/mol. The average Bonchev–Trinajstić information content (AvgIpc) is 2.85. The molecular weight excluding hydrogens is 242 g/mol. The Labute approximate surface area is 112 Å².